The molecule has 0 aliphatic rings. The predicted octanol–water partition coefficient (Wildman–Crippen LogP) is 5.46. The van der Waals surface area contributed by atoms with Gasteiger partial charge in [0, 0.05) is 0 Å². The molecule has 0 radical (unpaired) electrons. The molecular weight excluding hydrogens is 323 g/mol. The van der Waals surface area contributed by atoms with Gasteiger partial charge in [-0.2, -0.15) is 0 Å². The molecular formula is C18H43O3PSi. The Morgan fingerprint density at radius 3 is 1.22 bits per heavy atom. The van der Waals surface area contributed by atoms with E-state index < -0.39 is 8.25 Å². The van der Waals surface area contributed by atoms with Crippen molar-refractivity contribution in [2.24, 2.45) is 0 Å². The second-order valence-corrected chi connectivity index (χ2v) is 7.27. The largest absolute Gasteiger partial charge is 0.319 e. The van der Waals surface area contributed by atoms with E-state index >= 15 is 0 Å². The topological polar surface area (TPSA) is 35.5 Å². The van der Waals surface area contributed by atoms with E-state index in [1.54, 1.807) is 0 Å². The number of hydrogen-bond donors (Lipinski definition) is 0. The lowest BCUT2D eigenvalue weighted by molar-refractivity contribution is 0.218. The van der Waals surface area contributed by atoms with Crippen LogP contribution in [0.2, 0.25) is 0 Å². The highest BCUT2D eigenvalue weighted by Crippen LogP contribution is 2.24. The molecule has 0 rings (SSSR count). The van der Waals surface area contributed by atoms with Gasteiger partial charge in [-0.15, -0.1) is 0 Å². The Labute approximate surface area is 150 Å². The first-order valence-corrected chi connectivity index (χ1v) is 10.8. The van der Waals surface area contributed by atoms with Gasteiger partial charge in [0.2, 0.25) is 0 Å². The third-order valence-electron chi connectivity index (χ3n) is 3.94. The van der Waals surface area contributed by atoms with Crippen LogP contribution in [-0.4, -0.2) is 24.2 Å². The molecule has 0 aliphatic heterocycles. The minimum Gasteiger partial charge on any atom is -0.311 e. The maximum Gasteiger partial charge on any atom is 0.319 e. The third kappa shape index (κ3) is 22.4. The summed E-state index contributed by atoms with van der Waals surface area (Å²) in [6, 6.07) is 0. The van der Waals surface area contributed by atoms with Crippen molar-refractivity contribution in [3.05, 3.63) is 0 Å². The van der Waals surface area contributed by atoms with Crippen molar-refractivity contribution in [2.75, 3.05) is 13.2 Å². The molecule has 0 bridgehead atoms. The first-order valence-electron chi connectivity index (χ1n) is 9.60. The zero-order valence-corrected chi connectivity index (χ0v) is 16.0. The zero-order chi connectivity index (χ0) is 16.3. The van der Waals surface area contributed by atoms with Crippen molar-refractivity contribution in [1.29, 1.82) is 0 Å². The van der Waals surface area contributed by atoms with Gasteiger partial charge in [-0.05, 0) is 23.8 Å². The molecule has 0 aromatic rings. The van der Waals surface area contributed by atoms with Gasteiger partial charge >= 0.3 is 8.25 Å². The first-order chi connectivity index (χ1) is 10.8. The highest BCUT2D eigenvalue weighted by molar-refractivity contribution is 7.33. The first kappa shape index (κ1) is 25.6. The van der Waals surface area contributed by atoms with Gasteiger partial charge < -0.3 is 9.05 Å². The van der Waals surface area contributed by atoms with Crippen LogP contribution in [0.1, 0.15) is 104 Å². The summed E-state index contributed by atoms with van der Waals surface area (Å²) in [5, 5.41) is 0. The molecule has 0 fully saturated rings. The molecule has 142 valence electrons. The Hall–Kier alpha value is 0.367. The Morgan fingerprint density at radius 1 is 0.565 bits per heavy atom. The highest BCUT2D eigenvalue weighted by Gasteiger charge is 2.00. The van der Waals surface area contributed by atoms with Gasteiger partial charge in [0.25, 0.3) is 0 Å². The molecule has 0 aliphatic carbocycles. The minimum atomic E-state index is -2.24. The Balaban J connectivity index is 0. The monoisotopic (exact) mass is 366 g/mol. The van der Waals surface area contributed by atoms with Crippen LogP contribution in [0.5, 0.6) is 0 Å². The van der Waals surface area contributed by atoms with E-state index in [0.717, 1.165) is 12.8 Å². The second-order valence-electron chi connectivity index (χ2n) is 6.19. The summed E-state index contributed by atoms with van der Waals surface area (Å²) >= 11 is 0. The summed E-state index contributed by atoms with van der Waals surface area (Å²) in [6.07, 6.45) is 17.5. The van der Waals surface area contributed by atoms with Crippen LogP contribution in [0, 0.1) is 0 Å². The molecule has 0 heterocycles. The van der Waals surface area contributed by atoms with Crippen molar-refractivity contribution in [3.63, 3.8) is 0 Å². The van der Waals surface area contributed by atoms with Crippen LogP contribution in [0.25, 0.3) is 0 Å². The van der Waals surface area contributed by atoms with Gasteiger partial charge in [0.05, 0.1) is 13.2 Å². The van der Waals surface area contributed by atoms with Crippen LogP contribution in [0.3, 0.4) is 0 Å². The fourth-order valence-electron chi connectivity index (χ4n) is 2.47. The lowest BCUT2D eigenvalue weighted by atomic mass is 10.1. The minimum absolute atomic E-state index is 0. The Morgan fingerprint density at radius 2 is 0.870 bits per heavy atom. The highest BCUT2D eigenvalue weighted by atomic mass is 31.1. The van der Waals surface area contributed by atoms with E-state index in [1.165, 1.54) is 77.0 Å². The molecule has 0 unspecified atom stereocenters. The zero-order valence-electron chi connectivity index (χ0n) is 15.0. The SMILES string of the molecule is CCCCCCCCCO[PH](=O)OCCCCCCCCC.[SiH4]. The van der Waals surface area contributed by atoms with Gasteiger partial charge in [-0.3, -0.25) is 4.57 Å². The maximum absolute atomic E-state index is 11.5. The maximum atomic E-state index is 11.5. The molecule has 0 atom stereocenters. The van der Waals surface area contributed by atoms with E-state index in [0.29, 0.717) is 13.2 Å². The molecule has 23 heavy (non-hydrogen) atoms. The molecule has 3 nitrogen and oxygen atoms in total. The normalized spacial score (nSPS) is 10.9. The summed E-state index contributed by atoms with van der Waals surface area (Å²) < 4.78 is 22.0. The fraction of sp³-hybridized carbons (Fsp3) is 1.00. The number of hydrogen-bond acceptors (Lipinski definition) is 3. The lowest BCUT2D eigenvalue weighted by Crippen LogP contribution is -1.92. The summed E-state index contributed by atoms with van der Waals surface area (Å²) in [5.74, 6) is 0. The molecule has 0 spiro atoms. The summed E-state index contributed by atoms with van der Waals surface area (Å²) in [4.78, 5) is 0. The quantitative estimate of drug-likeness (QED) is 0.184. The molecule has 0 aromatic heterocycles. The standard InChI is InChI=1S/C18H39O3P.H4Si/c1-3-5-7-9-11-13-15-17-20-22(19)21-18-16-14-12-10-8-6-4-2;/h22H,3-18H2,1-2H3;1H4. The summed E-state index contributed by atoms with van der Waals surface area (Å²) in [7, 11) is -2.24. The second kappa shape index (κ2) is 22.4. The van der Waals surface area contributed by atoms with Crippen LogP contribution >= 0.6 is 8.25 Å². The molecule has 0 saturated heterocycles. The van der Waals surface area contributed by atoms with E-state index in [2.05, 4.69) is 13.8 Å². The summed E-state index contributed by atoms with van der Waals surface area (Å²) in [6.45, 7) is 5.64. The number of rotatable bonds is 18. The number of unbranched alkanes of at least 4 members (excludes halogenated alkanes) is 12. The van der Waals surface area contributed by atoms with E-state index in [9.17, 15) is 4.57 Å². The average Bonchev–Trinajstić information content (AvgIpc) is 2.52. The van der Waals surface area contributed by atoms with Crippen LogP contribution in [-0.2, 0) is 13.6 Å². The van der Waals surface area contributed by atoms with E-state index in [1.807, 2.05) is 0 Å². The molecule has 0 saturated carbocycles. The van der Waals surface area contributed by atoms with E-state index in [4.69, 9.17) is 9.05 Å². The van der Waals surface area contributed by atoms with Crippen molar-refractivity contribution >= 4 is 19.2 Å². The molecule has 0 N–H and O–H groups in total. The third-order valence-corrected chi connectivity index (χ3v) is 4.82. The van der Waals surface area contributed by atoms with Gasteiger partial charge in [0.15, 0.2) is 0 Å². The van der Waals surface area contributed by atoms with Crippen LogP contribution in [0.15, 0.2) is 0 Å². The van der Waals surface area contributed by atoms with Crippen LogP contribution < -0.4 is 0 Å². The molecule has 5 heteroatoms. The lowest BCUT2D eigenvalue weighted by Gasteiger charge is -2.06. The van der Waals surface area contributed by atoms with Gasteiger partial charge in [0.1, 0.15) is 0 Å². The smallest absolute Gasteiger partial charge is 0.311 e. The molecule has 0 amide bonds. The fourth-order valence-corrected chi connectivity index (χ4v) is 3.18. The van der Waals surface area contributed by atoms with Gasteiger partial charge in [-0.1, -0.05) is 90.9 Å². The average molecular weight is 367 g/mol. The van der Waals surface area contributed by atoms with E-state index in [-0.39, 0.29) is 11.0 Å². The van der Waals surface area contributed by atoms with Crippen molar-refractivity contribution in [1.82, 2.24) is 0 Å². The van der Waals surface area contributed by atoms with Crippen molar-refractivity contribution < 1.29 is 13.6 Å². The molecule has 0 aromatic carbocycles. The van der Waals surface area contributed by atoms with Crippen LogP contribution in [0.4, 0.5) is 0 Å². The van der Waals surface area contributed by atoms with Crippen molar-refractivity contribution in [3.8, 4) is 0 Å². The summed E-state index contributed by atoms with van der Waals surface area (Å²) in [5.41, 5.74) is 0. The van der Waals surface area contributed by atoms with Crippen molar-refractivity contribution in [2.45, 2.75) is 104 Å². The Bertz CT molecular complexity index is 218. The Kier molecular flexibility index (Phi) is 24.9. The predicted molar refractivity (Wildman–Crippen MR) is 108 cm³/mol. The van der Waals surface area contributed by atoms with Gasteiger partial charge in [-0.25, -0.2) is 0 Å².